The number of H-pyrrole nitrogens is 1. The molecule has 0 saturated heterocycles. The quantitative estimate of drug-likeness (QED) is 0.187. The monoisotopic (exact) mass is 472 g/mol. The molecule has 3 nitrogen and oxygen atoms in total. The minimum Gasteiger partial charge on any atom is -0.453 e. The van der Waals surface area contributed by atoms with E-state index < -0.39 is 0 Å². The van der Waals surface area contributed by atoms with Crippen LogP contribution in [0.3, 0.4) is 0 Å². The lowest BCUT2D eigenvalue weighted by molar-refractivity contribution is 0.648. The Balaban J connectivity index is 1.50. The maximum absolute atomic E-state index is 6.62. The molecule has 0 fully saturated rings. The summed E-state index contributed by atoms with van der Waals surface area (Å²) in [4.78, 5) is 3.56. The van der Waals surface area contributed by atoms with E-state index in [0.717, 1.165) is 33.4 Å². The van der Waals surface area contributed by atoms with Gasteiger partial charge in [-0.15, -0.1) is 0 Å². The highest BCUT2D eigenvalue weighted by Gasteiger charge is 2.23. The number of nitrogens with one attached hydrogen (secondary N) is 1. The van der Waals surface area contributed by atoms with Crippen LogP contribution in [0.2, 0.25) is 0 Å². The normalized spacial score (nSPS) is 12.3. The van der Waals surface area contributed by atoms with E-state index in [1.165, 1.54) is 49.0 Å². The molecule has 0 bridgehead atoms. The third-order valence-electron chi connectivity index (χ3n) is 7.90. The van der Waals surface area contributed by atoms with Crippen molar-refractivity contribution >= 4 is 65.6 Å². The summed E-state index contributed by atoms with van der Waals surface area (Å²) in [6.45, 7) is 0. The van der Waals surface area contributed by atoms with Gasteiger partial charge in [-0.05, 0) is 64.4 Å². The Hall–Kier alpha value is -5.02. The summed E-state index contributed by atoms with van der Waals surface area (Å²) in [6.07, 6.45) is 0. The number of pyridine rings is 1. The second-order valence-electron chi connectivity index (χ2n) is 9.85. The second-order valence-corrected chi connectivity index (χ2v) is 9.85. The van der Waals surface area contributed by atoms with Crippen LogP contribution in [0.5, 0.6) is 0 Å². The molecule has 37 heavy (non-hydrogen) atoms. The number of benzene rings is 6. The molecule has 6 aromatic carbocycles. The van der Waals surface area contributed by atoms with Crippen LogP contribution in [0.15, 0.2) is 120 Å². The molecule has 0 spiro atoms. The van der Waals surface area contributed by atoms with Gasteiger partial charge in [0, 0.05) is 32.6 Å². The number of hydrogen-bond acceptors (Lipinski definition) is 1. The Kier molecular flexibility index (Phi) is 3.53. The zero-order valence-electron chi connectivity index (χ0n) is 19.8. The summed E-state index contributed by atoms with van der Waals surface area (Å²) in [5, 5.41) is 7.44. The van der Waals surface area contributed by atoms with Crippen LogP contribution in [0.1, 0.15) is 0 Å². The first-order valence-electron chi connectivity index (χ1n) is 12.6. The fraction of sp³-hybridized carbons (Fsp3) is 0. The molecule has 9 rings (SSSR count). The van der Waals surface area contributed by atoms with Gasteiger partial charge in [-0.2, -0.15) is 0 Å². The first-order valence-corrected chi connectivity index (χ1v) is 12.6. The molecular weight excluding hydrogens is 452 g/mol. The zero-order valence-corrected chi connectivity index (χ0v) is 19.8. The standard InChI is InChI=1S/C34H20N2O/c1-3-12-27-21(8-1)26-18-20(16-17-28(26)35-27)25-19-32-34-33-23(10-7-11-24(25)33)22-9-2-4-13-29(22)36(34)30-14-5-6-15-31(30)37-32/h1-19,35H. The average Bonchev–Trinajstić information content (AvgIpc) is 3.33. The number of aromatic nitrogens is 2. The highest BCUT2D eigenvalue weighted by Crippen LogP contribution is 2.45. The molecule has 0 aliphatic carbocycles. The molecule has 2 aliphatic heterocycles. The van der Waals surface area contributed by atoms with E-state index in [2.05, 4.69) is 119 Å². The summed E-state index contributed by atoms with van der Waals surface area (Å²) in [7, 11) is 0. The molecule has 2 aliphatic rings. The lowest BCUT2D eigenvalue weighted by Gasteiger charge is -2.24. The van der Waals surface area contributed by atoms with Gasteiger partial charge in [0.2, 0.25) is 0 Å². The van der Waals surface area contributed by atoms with E-state index in [9.17, 15) is 0 Å². The molecule has 0 unspecified atom stereocenters. The summed E-state index contributed by atoms with van der Waals surface area (Å²) in [5.74, 6) is 0. The van der Waals surface area contributed by atoms with Crippen molar-refractivity contribution in [1.82, 2.24) is 9.55 Å². The lowest BCUT2D eigenvalue weighted by Crippen LogP contribution is -2.05. The van der Waals surface area contributed by atoms with Crippen LogP contribution in [-0.4, -0.2) is 9.55 Å². The molecule has 3 heteroatoms. The molecule has 0 atom stereocenters. The minimum absolute atomic E-state index is 0.876. The van der Waals surface area contributed by atoms with Crippen molar-refractivity contribution in [1.29, 1.82) is 0 Å². The lowest BCUT2D eigenvalue weighted by atomic mass is 9.91. The molecule has 3 heterocycles. The van der Waals surface area contributed by atoms with Gasteiger partial charge in [0.1, 0.15) is 0 Å². The average molecular weight is 473 g/mol. The largest absolute Gasteiger partial charge is 0.453 e. The molecular formula is C34H20N2O. The van der Waals surface area contributed by atoms with Gasteiger partial charge >= 0.3 is 0 Å². The van der Waals surface area contributed by atoms with Crippen LogP contribution in [0.25, 0.3) is 82.4 Å². The van der Waals surface area contributed by atoms with Crippen molar-refractivity contribution < 1.29 is 4.42 Å². The van der Waals surface area contributed by atoms with Gasteiger partial charge in [0.15, 0.2) is 11.2 Å². The predicted molar refractivity (Wildman–Crippen MR) is 154 cm³/mol. The SMILES string of the molecule is c1ccc2c(c1)[nH]c1ccc(-c3cc4oc5ccccc5n5c6ccccc6c6cccc3c6c4-5)cc12. The number of aromatic amines is 1. The predicted octanol–water partition coefficient (Wildman–Crippen LogP) is 9.42. The van der Waals surface area contributed by atoms with Crippen LogP contribution in [-0.2, 0) is 0 Å². The minimum atomic E-state index is 0.876. The van der Waals surface area contributed by atoms with E-state index in [1.54, 1.807) is 0 Å². The van der Waals surface area contributed by atoms with Gasteiger partial charge in [-0.1, -0.05) is 72.8 Å². The van der Waals surface area contributed by atoms with Crippen molar-refractivity contribution in [3.05, 3.63) is 115 Å². The highest BCUT2D eigenvalue weighted by molar-refractivity contribution is 6.23. The van der Waals surface area contributed by atoms with Gasteiger partial charge < -0.3 is 14.0 Å². The molecule has 172 valence electrons. The van der Waals surface area contributed by atoms with E-state index in [4.69, 9.17) is 4.42 Å². The third-order valence-corrected chi connectivity index (χ3v) is 7.90. The van der Waals surface area contributed by atoms with Crippen molar-refractivity contribution in [3.63, 3.8) is 0 Å². The van der Waals surface area contributed by atoms with E-state index in [1.807, 2.05) is 6.07 Å². The molecule has 0 saturated carbocycles. The Bertz CT molecular complexity index is 2310. The number of rotatable bonds is 1. The molecule has 0 amide bonds. The molecule has 7 aromatic rings. The Morgan fingerprint density at radius 3 is 2.19 bits per heavy atom. The Morgan fingerprint density at radius 1 is 0.514 bits per heavy atom. The van der Waals surface area contributed by atoms with Crippen molar-refractivity contribution in [2.75, 3.05) is 0 Å². The van der Waals surface area contributed by atoms with E-state index in [-0.39, 0.29) is 0 Å². The van der Waals surface area contributed by atoms with Gasteiger partial charge in [-0.25, -0.2) is 0 Å². The number of fused-ring (bicyclic) bond motifs is 8. The molecule has 1 N–H and O–H groups in total. The highest BCUT2D eigenvalue weighted by atomic mass is 16.3. The second kappa shape index (κ2) is 6.80. The first kappa shape index (κ1) is 19.2. The number of nitrogens with zero attached hydrogens (tertiary/aromatic N) is 1. The maximum Gasteiger partial charge on any atom is 0.152 e. The first-order chi connectivity index (χ1) is 18.3. The van der Waals surface area contributed by atoms with E-state index >= 15 is 0 Å². The smallest absolute Gasteiger partial charge is 0.152 e. The van der Waals surface area contributed by atoms with Gasteiger partial charge in [0.25, 0.3) is 0 Å². The topological polar surface area (TPSA) is 33.9 Å². The number of hydrogen-bond donors (Lipinski definition) is 1. The summed E-state index contributed by atoms with van der Waals surface area (Å²) < 4.78 is 9.00. The number of para-hydroxylation sites is 4. The van der Waals surface area contributed by atoms with Crippen LogP contribution >= 0.6 is 0 Å². The van der Waals surface area contributed by atoms with Crippen molar-refractivity contribution in [2.24, 2.45) is 0 Å². The maximum atomic E-state index is 6.62. The van der Waals surface area contributed by atoms with Crippen LogP contribution in [0, 0.1) is 0 Å². The van der Waals surface area contributed by atoms with Crippen molar-refractivity contribution in [3.8, 4) is 16.8 Å². The summed E-state index contributed by atoms with van der Waals surface area (Å²) in [5.41, 5.74) is 9.84. The van der Waals surface area contributed by atoms with Crippen LogP contribution < -0.4 is 0 Å². The van der Waals surface area contributed by atoms with Crippen LogP contribution in [0.4, 0.5) is 0 Å². The fourth-order valence-corrected chi connectivity index (χ4v) is 6.32. The zero-order chi connectivity index (χ0) is 24.1. The Morgan fingerprint density at radius 2 is 1.24 bits per heavy atom. The Labute approximate surface area is 211 Å². The fourth-order valence-electron chi connectivity index (χ4n) is 6.32. The van der Waals surface area contributed by atoms with E-state index in [0.29, 0.717) is 0 Å². The molecule has 0 radical (unpaired) electrons. The summed E-state index contributed by atoms with van der Waals surface area (Å²) in [6, 6.07) is 41.2. The van der Waals surface area contributed by atoms with Gasteiger partial charge in [-0.3, -0.25) is 0 Å². The van der Waals surface area contributed by atoms with Crippen molar-refractivity contribution in [2.45, 2.75) is 0 Å². The third kappa shape index (κ3) is 2.45. The van der Waals surface area contributed by atoms with Gasteiger partial charge in [0.05, 0.1) is 16.7 Å². The molecule has 1 aromatic heterocycles. The summed E-state index contributed by atoms with van der Waals surface area (Å²) >= 11 is 0.